The molecular weight excluding hydrogens is 240 g/mol. The maximum Gasteiger partial charge on any atom is 0.340 e. The van der Waals surface area contributed by atoms with E-state index in [9.17, 15) is 22.7 Å². The van der Waals surface area contributed by atoms with Crippen LogP contribution in [-0.4, -0.2) is 24.1 Å². The highest BCUT2D eigenvalue weighted by molar-refractivity contribution is 5.28. The lowest BCUT2D eigenvalue weighted by atomic mass is 10.1. The van der Waals surface area contributed by atoms with E-state index in [2.05, 4.69) is 4.74 Å². The Balaban J connectivity index is 2.59. The molecule has 0 saturated carbocycles. The number of aliphatic hydroxyl groups excluding tert-OH is 1. The van der Waals surface area contributed by atoms with Crippen molar-refractivity contribution in [2.24, 2.45) is 0 Å². The maximum absolute atomic E-state index is 12.5. The Bertz CT molecular complexity index is 349. The quantitative estimate of drug-likeness (QED) is 0.816. The minimum atomic E-state index is -4.16. The second-order valence-corrected chi connectivity index (χ2v) is 3.60. The number of halogens is 4. The fourth-order valence-corrected chi connectivity index (χ4v) is 1.09. The van der Waals surface area contributed by atoms with Crippen LogP contribution in [0.3, 0.4) is 0 Å². The molecule has 0 bridgehead atoms. The van der Waals surface area contributed by atoms with Crippen molar-refractivity contribution in [3.8, 4) is 5.75 Å². The molecule has 17 heavy (non-hydrogen) atoms. The molecule has 1 atom stereocenters. The topological polar surface area (TPSA) is 29.5 Å². The van der Waals surface area contributed by atoms with Crippen molar-refractivity contribution in [3.05, 3.63) is 29.8 Å². The highest BCUT2D eigenvalue weighted by atomic mass is 19.3. The fourth-order valence-electron chi connectivity index (χ4n) is 1.09. The van der Waals surface area contributed by atoms with Crippen molar-refractivity contribution < 1.29 is 27.4 Å². The van der Waals surface area contributed by atoms with E-state index in [1.54, 1.807) is 6.92 Å². The summed E-state index contributed by atoms with van der Waals surface area (Å²) in [7, 11) is 0. The summed E-state index contributed by atoms with van der Waals surface area (Å²) in [4.78, 5) is 0. The number of ether oxygens (including phenoxy) is 1. The summed E-state index contributed by atoms with van der Waals surface area (Å²) in [6.07, 6.45) is -4.44. The van der Waals surface area contributed by atoms with E-state index in [1.165, 1.54) is 24.3 Å². The molecule has 1 aromatic carbocycles. The van der Waals surface area contributed by atoms with Gasteiger partial charge in [-0.1, -0.05) is 12.1 Å². The summed E-state index contributed by atoms with van der Waals surface area (Å²) in [5, 5.41) is 9.19. The Labute approximate surface area is 95.8 Å². The van der Waals surface area contributed by atoms with Crippen LogP contribution in [0.15, 0.2) is 24.3 Å². The molecule has 1 rings (SSSR count). The van der Waals surface area contributed by atoms with Gasteiger partial charge in [0, 0.05) is 0 Å². The largest absolute Gasteiger partial charge is 0.487 e. The van der Waals surface area contributed by atoms with Crippen LogP contribution < -0.4 is 4.74 Å². The van der Waals surface area contributed by atoms with Crippen LogP contribution in [-0.2, 0) is 0 Å². The highest BCUT2D eigenvalue weighted by Gasteiger charge is 2.41. The molecule has 2 nitrogen and oxygen atoms in total. The molecule has 0 radical (unpaired) electrons. The highest BCUT2D eigenvalue weighted by Crippen LogP contribution is 2.25. The second-order valence-electron chi connectivity index (χ2n) is 3.60. The summed E-state index contributed by atoms with van der Waals surface area (Å²) >= 11 is 0. The van der Waals surface area contributed by atoms with Gasteiger partial charge in [-0.05, 0) is 24.6 Å². The van der Waals surface area contributed by atoms with E-state index in [4.69, 9.17) is 0 Å². The van der Waals surface area contributed by atoms with Crippen LogP contribution in [0.4, 0.5) is 17.6 Å². The van der Waals surface area contributed by atoms with Gasteiger partial charge in [-0.25, -0.2) is 8.78 Å². The normalized spacial score (nSPS) is 13.8. The zero-order valence-corrected chi connectivity index (χ0v) is 9.04. The second kappa shape index (κ2) is 5.35. The predicted molar refractivity (Wildman–Crippen MR) is 53.5 cm³/mol. The molecular formula is C11H12F4O2. The van der Waals surface area contributed by atoms with E-state index in [0.29, 0.717) is 5.56 Å². The van der Waals surface area contributed by atoms with Crippen molar-refractivity contribution in [2.75, 3.05) is 6.61 Å². The van der Waals surface area contributed by atoms with Gasteiger partial charge in [-0.3, -0.25) is 0 Å². The SMILES string of the molecule is CC(O)c1ccc(OCC(F)(F)C(F)F)cc1. The molecule has 1 unspecified atom stereocenters. The van der Waals surface area contributed by atoms with Gasteiger partial charge in [0.05, 0.1) is 6.10 Å². The van der Waals surface area contributed by atoms with Gasteiger partial charge >= 0.3 is 12.3 Å². The minimum Gasteiger partial charge on any atom is -0.487 e. The average molecular weight is 252 g/mol. The van der Waals surface area contributed by atoms with Gasteiger partial charge in [0.2, 0.25) is 0 Å². The monoisotopic (exact) mass is 252 g/mol. The first-order valence-corrected chi connectivity index (χ1v) is 4.90. The Morgan fingerprint density at radius 2 is 1.76 bits per heavy atom. The molecule has 0 spiro atoms. The minimum absolute atomic E-state index is 0.0507. The van der Waals surface area contributed by atoms with E-state index < -0.39 is 25.1 Å². The molecule has 0 aliphatic heterocycles. The first kappa shape index (κ1) is 13.8. The molecule has 0 amide bonds. The first-order valence-electron chi connectivity index (χ1n) is 4.90. The maximum atomic E-state index is 12.5. The van der Waals surface area contributed by atoms with Crippen LogP contribution >= 0.6 is 0 Å². The third-order valence-electron chi connectivity index (χ3n) is 2.11. The van der Waals surface area contributed by atoms with E-state index in [0.717, 1.165) is 0 Å². The molecule has 0 aliphatic carbocycles. The molecule has 0 aliphatic rings. The number of benzene rings is 1. The Hall–Kier alpha value is -1.30. The van der Waals surface area contributed by atoms with Gasteiger partial charge in [0.25, 0.3) is 0 Å². The van der Waals surface area contributed by atoms with Crippen molar-refractivity contribution in [2.45, 2.75) is 25.4 Å². The molecule has 0 saturated heterocycles. The smallest absolute Gasteiger partial charge is 0.340 e. The predicted octanol–water partition coefficient (Wildman–Crippen LogP) is 3.02. The van der Waals surface area contributed by atoms with Crippen LogP contribution in [0.2, 0.25) is 0 Å². The number of hydrogen-bond acceptors (Lipinski definition) is 2. The first-order chi connectivity index (χ1) is 7.83. The molecule has 1 N–H and O–H groups in total. The van der Waals surface area contributed by atoms with E-state index in [-0.39, 0.29) is 5.75 Å². The van der Waals surface area contributed by atoms with Crippen molar-refractivity contribution in [3.63, 3.8) is 0 Å². The van der Waals surface area contributed by atoms with Gasteiger partial charge in [-0.15, -0.1) is 0 Å². The van der Waals surface area contributed by atoms with Gasteiger partial charge in [0.1, 0.15) is 5.75 Å². The lowest BCUT2D eigenvalue weighted by Crippen LogP contribution is -2.33. The summed E-state index contributed by atoms with van der Waals surface area (Å²) in [5.74, 6) is -4.11. The lowest BCUT2D eigenvalue weighted by molar-refractivity contribution is -0.148. The summed E-state index contributed by atoms with van der Waals surface area (Å²) in [6.45, 7) is 0.166. The van der Waals surface area contributed by atoms with Gasteiger partial charge in [0.15, 0.2) is 6.61 Å². The van der Waals surface area contributed by atoms with Crippen LogP contribution in [0, 0.1) is 0 Å². The summed E-state index contributed by atoms with van der Waals surface area (Å²) in [5.41, 5.74) is 0.581. The lowest BCUT2D eigenvalue weighted by Gasteiger charge is -2.16. The molecule has 0 heterocycles. The number of hydrogen-bond donors (Lipinski definition) is 1. The zero-order valence-electron chi connectivity index (χ0n) is 9.04. The fraction of sp³-hybridized carbons (Fsp3) is 0.455. The van der Waals surface area contributed by atoms with Gasteiger partial charge in [-0.2, -0.15) is 8.78 Å². The van der Waals surface area contributed by atoms with Crippen LogP contribution in [0.1, 0.15) is 18.6 Å². The Kier molecular flexibility index (Phi) is 4.34. The van der Waals surface area contributed by atoms with Gasteiger partial charge < -0.3 is 9.84 Å². The van der Waals surface area contributed by atoms with Crippen molar-refractivity contribution in [1.82, 2.24) is 0 Å². The molecule has 0 aromatic heterocycles. The number of aliphatic hydroxyl groups is 1. The van der Waals surface area contributed by atoms with Crippen molar-refractivity contribution >= 4 is 0 Å². The third-order valence-corrected chi connectivity index (χ3v) is 2.11. The zero-order chi connectivity index (χ0) is 13.1. The average Bonchev–Trinajstić information content (AvgIpc) is 2.27. The Morgan fingerprint density at radius 3 is 2.18 bits per heavy atom. The molecule has 0 fully saturated rings. The number of rotatable bonds is 5. The van der Waals surface area contributed by atoms with Crippen molar-refractivity contribution in [1.29, 1.82) is 0 Å². The van der Waals surface area contributed by atoms with Crippen LogP contribution in [0.25, 0.3) is 0 Å². The number of alkyl halides is 4. The third kappa shape index (κ3) is 3.89. The van der Waals surface area contributed by atoms with Crippen LogP contribution in [0.5, 0.6) is 5.75 Å². The molecule has 6 heteroatoms. The van der Waals surface area contributed by atoms with E-state index in [1.807, 2.05) is 0 Å². The standard InChI is InChI=1S/C11H12F4O2/c1-7(16)8-2-4-9(5-3-8)17-6-11(14,15)10(12)13/h2-5,7,10,16H,6H2,1H3. The molecule has 1 aromatic rings. The summed E-state index contributed by atoms with van der Waals surface area (Å²) < 4.78 is 53.2. The molecule has 96 valence electrons. The summed E-state index contributed by atoms with van der Waals surface area (Å²) in [6, 6.07) is 5.62. The Morgan fingerprint density at radius 1 is 1.24 bits per heavy atom. The van der Waals surface area contributed by atoms with E-state index >= 15 is 0 Å².